The third-order valence-electron chi connectivity index (χ3n) is 1.53. The first-order valence-electron chi connectivity index (χ1n) is 4.08. The quantitative estimate of drug-likeness (QED) is 0.709. The van der Waals surface area contributed by atoms with Crippen molar-refractivity contribution in [2.24, 2.45) is 5.92 Å². The van der Waals surface area contributed by atoms with Gasteiger partial charge in [-0.3, -0.25) is 0 Å². The highest BCUT2D eigenvalue weighted by Gasteiger charge is 2.41. The summed E-state index contributed by atoms with van der Waals surface area (Å²) >= 11 is 0. The lowest BCUT2D eigenvalue weighted by molar-refractivity contribution is -0.166. The second-order valence-corrected chi connectivity index (χ2v) is 3.58. The van der Waals surface area contributed by atoms with Gasteiger partial charge in [0, 0.05) is 6.04 Å². The van der Waals surface area contributed by atoms with E-state index in [9.17, 15) is 13.2 Å². The minimum absolute atomic E-state index is 0.140. The smallest absolute Gasteiger partial charge is 0.304 e. The molecule has 0 spiro atoms. The molecule has 0 aromatic heterocycles. The van der Waals surface area contributed by atoms with Crippen molar-refractivity contribution in [3.8, 4) is 0 Å². The Bertz CT molecular complexity index is 129. The van der Waals surface area contributed by atoms with Crippen LogP contribution in [0.15, 0.2) is 0 Å². The van der Waals surface area contributed by atoms with Gasteiger partial charge in [-0.15, -0.1) is 0 Å². The molecule has 0 saturated heterocycles. The van der Waals surface area contributed by atoms with Gasteiger partial charge in [-0.2, -0.15) is 13.2 Å². The first kappa shape index (κ1) is 11.8. The van der Waals surface area contributed by atoms with Gasteiger partial charge in [0.25, 0.3) is 0 Å². The molecule has 0 radical (unpaired) electrons. The van der Waals surface area contributed by atoms with Crippen LogP contribution in [0.25, 0.3) is 0 Å². The molecular weight excluding hydrogens is 167 g/mol. The molecule has 0 saturated carbocycles. The molecule has 0 bridgehead atoms. The van der Waals surface area contributed by atoms with Crippen LogP contribution in [0.2, 0.25) is 0 Å². The second kappa shape index (κ2) is 4.12. The van der Waals surface area contributed by atoms with Crippen LogP contribution in [-0.4, -0.2) is 18.3 Å². The Morgan fingerprint density at radius 2 is 1.42 bits per heavy atom. The Balaban J connectivity index is 4.25. The lowest BCUT2D eigenvalue weighted by atomic mass is 10.0. The highest BCUT2D eigenvalue weighted by Crippen LogP contribution is 2.25. The lowest BCUT2D eigenvalue weighted by Gasteiger charge is -2.26. The van der Waals surface area contributed by atoms with Crippen LogP contribution < -0.4 is 5.32 Å². The van der Waals surface area contributed by atoms with Crippen molar-refractivity contribution in [2.45, 2.75) is 46.0 Å². The molecule has 74 valence electrons. The van der Waals surface area contributed by atoms with Crippen molar-refractivity contribution >= 4 is 0 Å². The molecule has 1 nitrogen and oxygen atoms in total. The summed E-state index contributed by atoms with van der Waals surface area (Å²) in [6.07, 6.45) is -4.14. The third kappa shape index (κ3) is 3.95. The Kier molecular flexibility index (Phi) is 4.03. The van der Waals surface area contributed by atoms with Crippen LogP contribution in [0.3, 0.4) is 0 Å². The van der Waals surface area contributed by atoms with Crippen LogP contribution in [0, 0.1) is 5.92 Å². The molecule has 0 heterocycles. The third-order valence-corrected chi connectivity index (χ3v) is 1.53. The maximum atomic E-state index is 12.3. The first-order chi connectivity index (χ1) is 5.25. The fourth-order valence-electron chi connectivity index (χ4n) is 1.02. The van der Waals surface area contributed by atoms with Crippen molar-refractivity contribution in [1.82, 2.24) is 5.32 Å². The summed E-state index contributed by atoms with van der Waals surface area (Å²) in [6.45, 7) is 6.54. The molecule has 0 unspecified atom stereocenters. The molecule has 1 N–H and O–H groups in total. The zero-order chi connectivity index (χ0) is 9.94. The molecule has 0 aliphatic rings. The molecule has 0 aromatic carbocycles. The standard InChI is InChI=1S/C8H16F3N/c1-5(2)7(8(9,10)11)12-6(3)4/h5-7,12H,1-4H3/t7-/m0/s1. The predicted molar refractivity (Wildman–Crippen MR) is 43.0 cm³/mol. The minimum atomic E-state index is -4.14. The summed E-state index contributed by atoms with van der Waals surface area (Å²) in [5, 5.41) is 2.49. The summed E-state index contributed by atoms with van der Waals surface area (Å²) in [4.78, 5) is 0. The normalized spacial score (nSPS) is 15.8. The van der Waals surface area contributed by atoms with Crippen molar-refractivity contribution < 1.29 is 13.2 Å². The maximum absolute atomic E-state index is 12.3. The van der Waals surface area contributed by atoms with Gasteiger partial charge in [0.1, 0.15) is 6.04 Å². The Morgan fingerprint density at radius 3 is 1.50 bits per heavy atom. The Hall–Kier alpha value is -0.250. The van der Waals surface area contributed by atoms with E-state index in [1.165, 1.54) is 0 Å². The average molecular weight is 183 g/mol. The zero-order valence-electron chi connectivity index (χ0n) is 7.87. The monoisotopic (exact) mass is 183 g/mol. The Labute approximate surface area is 71.3 Å². The van der Waals surface area contributed by atoms with Crippen molar-refractivity contribution in [1.29, 1.82) is 0 Å². The number of alkyl halides is 3. The van der Waals surface area contributed by atoms with Gasteiger partial charge in [0.15, 0.2) is 0 Å². The van der Waals surface area contributed by atoms with Gasteiger partial charge in [0.05, 0.1) is 0 Å². The molecule has 12 heavy (non-hydrogen) atoms. The molecule has 0 fully saturated rings. The van der Waals surface area contributed by atoms with E-state index in [4.69, 9.17) is 0 Å². The molecule has 0 aliphatic carbocycles. The van der Waals surface area contributed by atoms with Crippen LogP contribution in [0.1, 0.15) is 27.7 Å². The van der Waals surface area contributed by atoms with Crippen molar-refractivity contribution in [3.63, 3.8) is 0 Å². The maximum Gasteiger partial charge on any atom is 0.404 e. The molecular formula is C8H16F3N. The van der Waals surface area contributed by atoms with E-state index in [0.717, 1.165) is 0 Å². The molecule has 0 rings (SSSR count). The summed E-state index contributed by atoms with van der Waals surface area (Å²) in [5.74, 6) is -0.424. The fourth-order valence-corrected chi connectivity index (χ4v) is 1.02. The van der Waals surface area contributed by atoms with Crippen LogP contribution in [0.4, 0.5) is 13.2 Å². The highest BCUT2D eigenvalue weighted by atomic mass is 19.4. The van der Waals surface area contributed by atoms with E-state index in [-0.39, 0.29) is 6.04 Å². The van der Waals surface area contributed by atoms with Gasteiger partial charge < -0.3 is 5.32 Å². The molecule has 1 atom stereocenters. The molecule has 0 amide bonds. The predicted octanol–water partition coefficient (Wildman–Crippen LogP) is 2.57. The van der Waals surface area contributed by atoms with Gasteiger partial charge in [-0.05, 0) is 5.92 Å². The SMILES string of the molecule is CC(C)N[C@@H](C(C)C)C(F)(F)F. The highest BCUT2D eigenvalue weighted by molar-refractivity contribution is 4.79. The van der Waals surface area contributed by atoms with E-state index in [1.807, 2.05) is 0 Å². The molecule has 0 aliphatic heterocycles. The number of hydrogen-bond acceptors (Lipinski definition) is 1. The summed E-state index contributed by atoms with van der Waals surface area (Å²) in [5.41, 5.74) is 0. The van der Waals surface area contributed by atoms with E-state index in [1.54, 1.807) is 27.7 Å². The minimum Gasteiger partial charge on any atom is -0.304 e. The number of hydrogen-bond donors (Lipinski definition) is 1. The largest absolute Gasteiger partial charge is 0.404 e. The Morgan fingerprint density at radius 1 is 1.00 bits per heavy atom. The lowest BCUT2D eigenvalue weighted by Crippen LogP contribution is -2.48. The zero-order valence-corrected chi connectivity index (χ0v) is 7.87. The number of nitrogens with one attached hydrogen (secondary N) is 1. The van der Waals surface area contributed by atoms with E-state index in [2.05, 4.69) is 5.32 Å². The van der Waals surface area contributed by atoms with Crippen LogP contribution >= 0.6 is 0 Å². The van der Waals surface area contributed by atoms with Crippen molar-refractivity contribution in [2.75, 3.05) is 0 Å². The summed E-state index contributed by atoms with van der Waals surface area (Å²) < 4.78 is 36.8. The number of rotatable bonds is 3. The van der Waals surface area contributed by atoms with Gasteiger partial charge in [0.2, 0.25) is 0 Å². The van der Waals surface area contributed by atoms with E-state index >= 15 is 0 Å². The topological polar surface area (TPSA) is 12.0 Å². The average Bonchev–Trinajstić information content (AvgIpc) is 1.79. The summed E-state index contributed by atoms with van der Waals surface area (Å²) in [7, 11) is 0. The molecule has 0 aromatic rings. The van der Waals surface area contributed by atoms with E-state index in [0.29, 0.717) is 0 Å². The van der Waals surface area contributed by atoms with Gasteiger partial charge in [-0.25, -0.2) is 0 Å². The molecule has 4 heteroatoms. The number of halogens is 3. The fraction of sp³-hybridized carbons (Fsp3) is 1.00. The van der Waals surface area contributed by atoms with E-state index < -0.39 is 18.1 Å². The van der Waals surface area contributed by atoms with Gasteiger partial charge in [-0.1, -0.05) is 27.7 Å². The van der Waals surface area contributed by atoms with Gasteiger partial charge >= 0.3 is 6.18 Å². The second-order valence-electron chi connectivity index (χ2n) is 3.58. The summed E-state index contributed by atoms with van der Waals surface area (Å²) in [6, 6.07) is -1.53. The van der Waals surface area contributed by atoms with Crippen molar-refractivity contribution in [3.05, 3.63) is 0 Å². The van der Waals surface area contributed by atoms with Crippen LogP contribution in [0.5, 0.6) is 0 Å². The van der Waals surface area contributed by atoms with Crippen LogP contribution in [-0.2, 0) is 0 Å². The first-order valence-corrected chi connectivity index (χ1v) is 4.08.